The van der Waals surface area contributed by atoms with Crippen LogP contribution in [0.2, 0.25) is 0 Å². The van der Waals surface area contributed by atoms with Crippen molar-refractivity contribution in [3.63, 3.8) is 0 Å². The fourth-order valence-electron chi connectivity index (χ4n) is 1.51. The van der Waals surface area contributed by atoms with Gasteiger partial charge in [-0.2, -0.15) is 11.8 Å². The Labute approximate surface area is 120 Å². The molecule has 100 valence electrons. The molecule has 0 atom stereocenters. The summed E-state index contributed by atoms with van der Waals surface area (Å²) in [5.74, 6) is 1.23. The van der Waals surface area contributed by atoms with Crippen LogP contribution in [0.4, 0.5) is 5.13 Å². The van der Waals surface area contributed by atoms with E-state index in [4.69, 9.17) is 4.74 Å². The summed E-state index contributed by atoms with van der Waals surface area (Å²) in [4.78, 5) is 15.9. The highest BCUT2D eigenvalue weighted by Gasteiger charge is 2.07. The first-order chi connectivity index (χ1) is 9.22. The summed E-state index contributed by atoms with van der Waals surface area (Å²) >= 11 is 2.91. The largest absolute Gasteiger partial charge is 0.497 e. The Morgan fingerprint density at radius 2 is 2.16 bits per heavy atom. The average molecular weight is 294 g/mol. The van der Waals surface area contributed by atoms with Gasteiger partial charge in [-0.1, -0.05) is 0 Å². The average Bonchev–Trinajstić information content (AvgIpc) is 2.87. The molecule has 6 heteroatoms. The molecule has 0 aliphatic rings. The number of thioether (sulfide) groups is 1. The Morgan fingerprint density at radius 3 is 2.79 bits per heavy atom. The molecule has 1 aromatic carbocycles. The summed E-state index contributed by atoms with van der Waals surface area (Å²) in [6.45, 7) is 0. The summed E-state index contributed by atoms with van der Waals surface area (Å²) in [5.41, 5.74) is 1.86. The van der Waals surface area contributed by atoms with Crippen molar-refractivity contribution in [1.29, 1.82) is 0 Å². The van der Waals surface area contributed by atoms with Gasteiger partial charge in [-0.3, -0.25) is 4.79 Å². The lowest BCUT2D eigenvalue weighted by molar-refractivity contribution is -0.113. The third kappa shape index (κ3) is 3.71. The minimum Gasteiger partial charge on any atom is -0.497 e. The standard InChI is InChI=1S/C13H14N2O2S2/c1-17-10-5-3-9(4-6-10)11-7-19-13(14-11)15-12(16)8-18-2/h3-7H,8H2,1-2H3,(H,14,15,16). The van der Waals surface area contributed by atoms with Gasteiger partial charge in [0.25, 0.3) is 0 Å². The van der Waals surface area contributed by atoms with Crippen LogP contribution in [0.3, 0.4) is 0 Å². The lowest BCUT2D eigenvalue weighted by atomic mass is 10.2. The highest BCUT2D eigenvalue weighted by Crippen LogP contribution is 2.26. The molecule has 0 unspecified atom stereocenters. The molecule has 4 nitrogen and oxygen atoms in total. The number of anilines is 1. The van der Waals surface area contributed by atoms with Gasteiger partial charge in [0.1, 0.15) is 5.75 Å². The van der Waals surface area contributed by atoms with Crippen LogP contribution in [0.5, 0.6) is 5.75 Å². The molecular formula is C13H14N2O2S2. The molecule has 0 spiro atoms. The van der Waals surface area contributed by atoms with Gasteiger partial charge in [0.15, 0.2) is 5.13 Å². The van der Waals surface area contributed by atoms with E-state index in [0.717, 1.165) is 17.0 Å². The number of benzene rings is 1. The van der Waals surface area contributed by atoms with E-state index in [1.807, 2.05) is 35.9 Å². The topological polar surface area (TPSA) is 51.2 Å². The highest BCUT2D eigenvalue weighted by molar-refractivity contribution is 7.99. The summed E-state index contributed by atoms with van der Waals surface area (Å²) in [6, 6.07) is 7.67. The first-order valence-corrected chi connectivity index (χ1v) is 7.89. The molecule has 0 aliphatic heterocycles. The molecule has 1 amide bonds. The number of ether oxygens (including phenoxy) is 1. The van der Waals surface area contributed by atoms with Crippen LogP contribution in [0, 0.1) is 0 Å². The first-order valence-electron chi connectivity index (χ1n) is 5.61. The summed E-state index contributed by atoms with van der Waals surface area (Å²) in [7, 11) is 1.64. The summed E-state index contributed by atoms with van der Waals surface area (Å²) in [6.07, 6.45) is 1.89. The smallest absolute Gasteiger partial charge is 0.236 e. The third-order valence-corrected chi connectivity index (χ3v) is 3.72. The van der Waals surface area contributed by atoms with E-state index in [2.05, 4.69) is 10.3 Å². The zero-order valence-corrected chi connectivity index (χ0v) is 12.3. The second-order valence-corrected chi connectivity index (χ2v) is 5.47. The minimum atomic E-state index is -0.0249. The van der Waals surface area contributed by atoms with E-state index in [9.17, 15) is 4.79 Å². The van der Waals surface area contributed by atoms with Crippen LogP contribution < -0.4 is 10.1 Å². The maximum atomic E-state index is 11.5. The van der Waals surface area contributed by atoms with Crippen molar-refractivity contribution in [2.24, 2.45) is 0 Å². The number of methoxy groups -OCH3 is 1. The van der Waals surface area contributed by atoms with E-state index in [1.54, 1.807) is 7.11 Å². The van der Waals surface area contributed by atoms with Crippen LogP contribution in [0.15, 0.2) is 29.6 Å². The van der Waals surface area contributed by atoms with Crippen molar-refractivity contribution < 1.29 is 9.53 Å². The number of thiazole rings is 1. The normalized spacial score (nSPS) is 10.2. The minimum absolute atomic E-state index is 0.0249. The molecule has 0 fully saturated rings. The second-order valence-electron chi connectivity index (χ2n) is 3.75. The van der Waals surface area contributed by atoms with Crippen LogP contribution in [-0.2, 0) is 4.79 Å². The SMILES string of the molecule is COc1ccc(-c2csc(NC(=O)CSC)n2)cc1. The Kier molecular flexibility index (Phi) is 4.81. The molecular weight excluding hydrogens is 280 g/mol. The van der Waals surface area contributed by atoms with Crippen molar-refractivity contribution in [2.45, 2.75) is 0 Å². The second kappa shape index (κ2) is 6.58. The van der Waals surface area contributed by atoms with E-state index in [-0.39, 0.29) is 5.91 Å². The number of carbonyl (C=O) groups excluding carboxylic acids is 1. The molecule has 0 radical (unpaired) electrons. The van der Waals surface area contributed by atoms with Crippen LogP contribution in [0.25, 0.3) is 11.3 Å². The number of aromatic nitrogens is 1. The molecule has 0 saturated heterocycles. The molecule has 0 aliphatic carbocycles. The Hall–Kier alpha value is -1.53. The zero-order chi connectivity index (χ0) is 13.7. The zero-order valence-electron chi connectivity index (χ0n) is 10.7. The Bertz CT molecular complexity index is 552. The lowest BCUT2D eigenvalue weighted by Crippen LogP contribution is -2.13. The van der Waals surface area contributed by atoms with E-state index < -0.39 is 0 Å². The Morgan fingerprint density at radius 1 is 1.42 bits per heavy atom. The summed E-state index contributed by atoms with van der Waals surface area (Å²) in [5, 5.41) is 5.34. The van der Waals surface area contributed by atoms with Gasteiger partial charge in [-0.25, -0.2) is 4.98 Å². The van der Waals surface area contributed by atoms with Gasteiger partial charge in [-0.15, -0.1) is 11.3 Å². The fourth-order valence-corrected chi connectivity index (χ4v) is 2.58. The van der Waals surface area contributed by atoms with E-state index in [0.29, 0.717) is 10.9 Å². The predicted octanol–water partition coefficient (Wildman–Crippen LogP) is 3.12. The van der Waals surface area contributed by atoms with Crippen LogP contribution in [-0.4, -0.2) is 30.0 Å². The maximum absolute atomic E-state index is 11.5. The van der Waals surface area contributed by atoms with Gasteiger partial charge >= 0.3 is 0 Å². The number of carbonyl (C=O) groups is 1. The van der Waals surface area contributed by atoms with Gasteiger partial charge in [0.05, 0.1) is 18.6 Å². The quantitative estimate of drug-likeness (QED) is 0.920. The van der Waals surface area contributed by atoms with Crippen molar-refractivity contribution in [3.8, 4) is 17.0 Å². The molecule has 2 aromatic rings. The molecule has 1 N–H and O–H groups in total. The van der Waals surface area contributed by atoms with Crippen molar-refractivity contribution in [1.82, 2.24) is 4.98 Å². The van der Waals surface area contributed by atoms with Gasteiger partial charge < -0.3 is 10.1 Å². The van der Waals surface area contributed by atoms with Gasteiger partial charge in [0.2, 0.25) is 5.91 Å². The van der Waals surface area contributed by atoms with E-state index >= 15 is 0 Å². The van der Waals surface area contributed by atoms with Crippen LogP contribution in [0.1, 0.15) is 0 Å². The number of hydrogen-bond acceptors (Lipinski definition) is 5. The first kappa shape index (κ1) is 13.9. The Balaban J connectivity index is 2.09. The predicted molar refractivity (Wildman–Crippen MR) is 81.1 cm³/mol. The molecule has 1 aromatic heterocycles. The molecule has 0 bridgehead atoms. The molecule has 0 saturated carbocycles. The number of nitrogens with one attached hydrogen (secondary N) is 1. The monoisotopic (exact) mass is 294 g/mol. The fraction of sp³-hybridized carbons (Fsp3) is 0.231. The number of rotatable bonds is 5. The third-order valence-electron chi connectivity index (χ3n) is 2.41. The number of amides is 1. The van der Waals surface area contributed by atoms with Crippen molar-refractivity contribution in [2.75, 3.05) is 24.4 Å². The molecule has 19 heavy (non-hydrogen) atoms. The molecule has 2 rings (SSSR count). The molecule has 1 heterocycles. The summed E-state index contributed by atoms with van der Waals surface area (Å²) < 4.78 is 5.11. The van der Waals surface area contributed by atoms with Crippen molar-refractivity contribution >= 4 is 34.1 Å². The van der Waals surface area contributed by atoms with Crippen LogP contribution >= 0.6 is 23.1 Å². The van der Waals surface area contributed by atoms with E-state index in [1.165, 1.54) is 23.1 Å². The highest BCUT2D eigenvalue weighted by atomic mass is 32.2. The number of nitrogens with zero attached hydrogens (tertiary/aromatic N) is 1. The van der Waals surface area contributed by atoms with Crippen molar-refractivity contribution in [3.05, 3.63) is 29.6 Å². The number of hydrogen-bond donors (Lipinski definition) is 1. The maximum Gasteiger partial charge on any atom is 0.236 e. The van der Waals surface area contributed by atoms with Gasteiger partial charge in [0, 0.05) is 10.9 Å². The lowest BCUT2D eigenvalue weighted by Gasteiger charge is -2.01. The van der Waals surface area contributed by atoms with Gasteiger partial charge in [-0.05, 0) is 30.5 Å².